The molecule has 1 saturated carbocycles. The number of benzene rings is 1. The largest absolute Gasteiger partial charge is 0.329 e. The number of carbonyl (C=O) groups excluding carboxylic acids is 1. The van der Waals surface area contributed by atoms with E-state index < -0.39 is 10.0 Å². The molecule has 0 aliphatic heterocycles. The fourth-order valence-electron chi connectivity index (χ4n) is 2.36. The Labute approximate surface area is 131 Å². The second kappa shape index (κ2) is 7.71. The van der Waals surface area contributed by atoms with Crippen molar-refractivity contribution in [2.24, 2.45) is 11.7 Å². The number of nitrogens with two attached hydrogens (primary N) is 1. The summed E-state index contributed by atoms with van der Waals surface area (Å²) in [6.07, 6.45) is 5.08. The molecular formula is C15H23N3O3S. The lowest BCUT2D eigenvalue weighted by molar-refractivity contribution is -0.116. The van der Waals surface area contributed by atoms with Crippen LogP contribution < -0.4 is 15.8 Å². The summed E-state index contributed by atoms with van der Waals surface area (Å²) < 4.78 is 26.4. The molecule has 1 fully saturated rings. The monoisotopic (exact) mass is 325 g/mol. The first kappa shape index (κ1) is 16.9. The van der Waals surface area contributed by atoms with Gasteiger partial charge in [-0.05, 0) is 30.5 Å². The number of hydrogen-bond acceptors (Lipinski definition) is 4. The summed E-state index contributed by atoms with van der Waals surface area (Å²) in [6, 6.07) is 6.24. The number of hydrogen-bond donors (Lipinski definition) is 3. The minimum absolute atomic E-state index is 0.0728. The fourth-order valence-corrected chi connectivity index (χ4v) is 3.45. The van der Waals surface area contributed by atoms with Crippen molar-refractivity contribution >= 4 is 21.6 Å². The van der Waals surface area contributed by atoms with E-state index in [1.807, 2.05) is 0 Å². The average molecular weight is 325 g/mol. The Morgan fingerprint density at radius 2 is 2.09 bits per heavy atom. The molecule has 1 aromatic rings. The molecule has 1 aliphatic carbocycles. The highest BCUT2D eigenvalue weighted by molar-refractivity contribution is 7.89. The van der Waals surface area contributed by atoms with Gasteiger partial charge in [-0.2, -0.15) is 0 Å². The lowest BCUT2D eigenvalue weighted by Crippen LogP contribution is -2.29. The molecule has 0 unspecified atom stereocenters. The minimum Gasteiger partial charge on any atom is -0.329 e. The number of nitrogens with one attached hydrogen (secondary N) is 2. The van der Waals surface area contributed by atoms with Crippen LogP contribution in [0.3, 0.4) is 0 Å². The molecule has 22 heavy (non-hydrogen) atoms. The van der Waals surface area contributed by atoms with Crippen molar-refractivity contribution < 1.29 is 13.2 Å². The van der Waals surface area contributed by atoms with Crippen molar-refractivity contribution in [1.29, 1.82) is 0 Å². The lowest BCUT2D eigenvalue weighted by Gasteiger charge is -2.24. The number of sulfonamides is 1. The van der Waals surface area contributed by atoms with Crippen molar-refractivity contribution in [2.45, 2.75) is 37.0 Å². The van der Waals surface area contributed by atoms with Crippen LogP contribution in [0.15, 0.2) is 29.2 Å². The zero-order valence-electron chi connectivity index (χ0n) is 12.5. The number of rotatable bonds is 8. The van der Waals surface area contributed by atoms with Gasteiger partial charge in [-0.1, -0.05) is 25.3 Å². The summed E-state index contributed by atoms with van der Waals surface area (Å²) in [4.78, 5) is 12.0. The molecule has 0 spiro atoms. The summed E-state index contributed by atoms with van der Waals surface area (Å²) in [5.41, 5.74) is 5.79. The normalized spacial score (nSPS) is 15.3. The Bertz CT molecular complexity index is 612. The van der Waals surface area contributed by atoms with Gasteiger partial charge in [0.05, 0.1) is 4.90 Å². The molecule has 1 aliphatic rings. The Kier molecular flexibility index (Phi) is 5.93. The lowest BCUT2D eigenvalue weighted by atomic mass is 9.82. The van der Waals surface area contributed by atoms with Crippen molar-refractivity contribution in [3.05, 3.63) is 24.3 Å². The zero-order valence-corrected chi connectivity index (χ0v) is 13.4. The summed E-state index contributed by atoms with van der Waals surface area (Å²) in [5, 5.41) is 2.76. The van der Waals surface area contributed by atoms with Crippen LogP contribution >= 0.6 is 0 Å². The van der Waals surface area contributed by atoms with Crippen LogP contribution in [0.4, 0.5) is 5.69 Å². The van der Waals surface area contributed by atoms with Gasteiger partial charge in [0.15, 0.2) is 0 Å². The van der Waals surface area contributed by atoms with Gasteiger partial charge >= 0.3 is 0 Å². The van der Waals surface area contributed by atoms with E-state index in [9.17, 15) is 13.2 Å². The van der Waals surface area contributed by atoms with E-state index in [0.29, 0.717) is 18.0 Å². The van der Waals surface area contributed by atoms with Crippen LogP contribution in [0.2, 0.25) is 0 Å². The van der Waals surface area contributed by atoms with Crippen LogP contribution in [-0.4, -0.2) is 27.4 Å². The van der Waals surface area contributed by atoms with Gasteiger partial charge in [0.25, 0.3) is 0 Å². The first-order chi connectivity index (χ1) is 10.5. The van der Waals surface area contributed by atoms with E-state index in [1.165, 1.54) is 31.4 Å². The van der Waals surface area contributed by atoms with E-state index in [1.54, 1.807) is 12.1 Å². The molecule has 0 heterocycles. The molecule has 2 rings (SSSR count). The van der Waals surface area contributed by atoms with E-state index in [4.69, 9.17) is 5.73 Å². The van der Waals surface area contributed by atoms with Gasteiger partial charge in [0.2, 0.25) is 15.9 Å². The topological polar surface area (TPSA) is 101 Å². The molecular weight excluding hydrogens is 302 g/mol. The molecule has 0 bridgehead atoms. The maximum Gasteiger partial charge on any atom is 0.240 e. The number of anilines is 1. The van der Waals surface area contributed by atoms with Crippen molar-refractivity contribution in [2.75, 3.05) is 18.4 Å². The minimum atomic E-state index is -3.58. The summed E-state index contributed by atoms with van der Waals surface area (Å²) in [7, 11) is -3.58. The third kappa shape index (κ3) is 4.79. The second-order valence-corrected chi connectivity index (χ2v) is 7.37. The van der Waals surface area contributed by atoms with Gasteiger partial charge in [-0.25, -0.2) is 13.1 Å². The Morgan fingerprint density at radius 3 is 2.73 bits per heavy atom. The maximum absolute atomic E-state index is 12.0. The van der Waals surface area contributed by atoms with Crippen molar-refractivity contribution in [3.8, 4) is 0 Å². The van der Waals surface area contributed by atoms with Crippen LogP contribution in [0.1, 0.15) is 32.1 Å². The van der Waals surface area contributed by atoms with Crippen LogP contribution in [0.5, 0.6) is 0 Å². The standard InChI is InChI=1S/C15H23N3O3S/c16-9-10-17-22(20,21)14-6-2-5-13(11-14)18-15(19)8-7-12-3-1-4-12/h2,5-6,11-12,17H,1,3-4,7-10,16H2,(H,18,19). The zero-order chi connectivity index (χ0) is 16.0. The van der Waals surface area contributed by atoms with E-state index in [0.717, 1.165) is 6.42 Å². The third-order valence-electron chi connectivity index (χ3n) is 3.87. The van der Waals surface area contributed by atoms with Crippen molar-refractivity contribution in [1.82, 2.24) is 4.72 Å². The number of amides is 1. The number of carbonyl (C=O) groups is 1. The molecule has 0 atom stereocenters. The first-order valence-corrected chi connectivity index (χ1v) is 9.09. The van der Waals surface area contributed by atoms with E-state index in [2.05, 4.69) is 10.0 Å². The predicted octanol–water partition coefficient (Wildman–Crippen LogP) is 1.44. The van der Waals surface area contributed by atoms with Gasteiger partial charge < -0.3 is 11.1 Å². The molecule has 1 aromatic carbocycles. The van der Waals surface area contributed by atoms with E-state index >= 15 is 0 Å². The highest BCUT2D eigenvalue weighted by Gasteiger charge is 2.18. The molecule has 0 saturated heterocycles. The van der Waals surface area contributed by atoms with Crippen molar-refractivity contribution in [3.63, 3.8) is 0 Å². The SMILES string of the molecule is NCCNS(=O)(=O)c1cccc(NC(=O)CCC2CCC2)c1. The molecule has 1 amide bonds. The molecule has 6 nitrogen and oxygen atoms in total. The quantitative estimate of drug-likeness (QED) is 0.673. The van der Waals surface area contributed by atoms with E-state index in [-0.39, 0.29) is 23.9 Å². The Hall–Kier alpha value is -1.44. The molecule has 0 radical (unpaired) electrons. The maximum atomic E-state index is 12.0. The highest BCUT2D eigenvalue weighted by Crippen LogP contribution is 2.30. The Balaban J connectivity index is 1.94. The van der Waals surface area contributed by atoms with Crippen LogP contribution in [0, 0.1) is 5.92 Å². The Morgan fingerprint density at radius 1 is 1.32 bits per heavy atom. The van der Waals surface area contributed by atoms with Gasteiger partial charge in [-0.15, -0.1) is 0 Å². The fraction of sp³-hybridized carbons (Fsp3) is 0.533. The van der Waals surface area contributed by atoms with Crippen LogP contribution in [0.25, 0.3) is 0 Å². The average Bonchev–Trinajstić information content (AvgIpc) is 2.44. The van der Waals surface area contributed by atoms with Gasteiger partial charge in [0.1, 0.15) is 0 Å². The molecule has 0 aromatic heterocycles. The second-order valence-electron chi connectivity index (χ2n) is 5.60. The summed E-state index contributed by atoms with van der Waals surface area (Å²) in [6.45, 7) is 0.414. The summed E-state index contributed by atoms with van der Waals surface area (Å²) >= 11 is 0. The predicted molar refractivity (Wildman–Crippen MR) is 85.9 cm³/mol. The summed E-state index contributed by atoms with van der Waals surface area (Å²) in [5.74, 6) is 0.606. The smallest absolute Gasteiger partial charge is 0.240 e. The highest BCUT2D eigenvalue weighted by atomic mass is 32.2. The molecule has 4 N–H and O–H groups in total. The van der Waals surface area contributed by atoms with Gasteiger partial charge in [-0.3, -0.25) is 4.79 Å². The first-order valence-electron chi connectivity index (χ1n) is 7.61. The molecule has 122 valence electrons. The van der Waals surface area contributed by atoms with Crippen LogP contribution in [-0.2, 0) is 14.8 Å². The van der Waals surface area contributed by atoms with Gasteiger partial charge in [0, 0.05) is 25.2 Å². The molecule has 7 heteroatoms. The third-order valence-corrected chi connectivity index (χ3v) is 5.33.